The normalized spacial score (nSPS) is 10.9. The molecule has 0 saturated carbocycles. The third-order valence-electron chi connectivity index (χ3n) is 5.37. The fraction of sp³-hybridized carbons (Fsp3) is 0.240. The van der Waals surface area contributed by atoms with Gasteiger partial charge < -0.3 is 20.4 Å². The van der Waals surface area contributed by atoms with Crippen LogP contribution in [0.2, 0.25) is 0 Å². The van der Waals surface area contributed by atoms with Gasteiger partial charge in [-0.3, -0.25) is 4.68 Å². The lowest BCUT2D eigenvalue weighted by atomic mass is 10.1. The summed E-state index contributed by atoms with van der Waals surface area (Å²) >= 11 is 0. The van der Waals surface area contributed by atoms with Crippen LogP contribution in [0.1, 0.15) is 33.4 Å². The zero-order valence-electron chi connectivity index (χ0n) is 18.9. The highest BCUT2D eigenvalue weighted by atomic mass is 16.6. The number of carbonyl (C=O) groups is 1. The quantitative estimate of drug-likeness (QED) is 0.433. The maximum Gasteiger partial charge on any atom is 0.414 e. The van der Waals surface area contributed by atoms with E-state index in [-0.39, 0.29) is 5.88 Å². The van der Waals surface area contributed by atoms with Crippen LogP contribution in [0.4, 0.5) is 4.79 Å². The van der Waals surface area contributed by atoms with E-state index < -0.39 is 6.09 Å². The summed E-state index contributed by atoms with van der Waals surface area (Å²) in [7, 11) is 0. The van der Waals surface area contributed by atoms with Gasteiger partial charge in [0.25, 0.3) is 0 Å². The molecule has 0 saturated heterocycles. The Kier molecular flexibility index (Phi) is 6.85. The van der Waals surface area contributed by atoms with Crippen molar-refractivity contribution in [1.82, 2.24) is 24.6 Å². The summed E-state index contributed by atoms with van der Waals surface area (Å²) in [6, 6.07) is 14.3. The Hall–Kier alpha value is -3.91. The molecule has 4 rings (SSSR count). The summed E-state index contributed by atoms with van der Waals surface area (Å²) < 4.78 is 9.12. The molecule has 0 atom stereocenters. The molecule has 0 aliphatic rings. The first kappa shape index (κ1) is 22.3. The molecule has 0 unspecified atom stereocenters. The zero-order chi connectivity index (χ0) is 23.2. The van der Waals surface area contributed by atoms with Crippen molar-refractivity contribution < 1.29 is 9.53 Å². The summed E-state index contributed by atoms with van der Waals surface area (Å²) in [5, 5.41) is 7.09. The number of nitrogens with zero attached hydrogens (tertiary/aromatic N) is 4. The van der Waals surface area contributed by atoms with Crippen LogP contribution in [-0.4, -0.2) is 25.4 Å². The molecule has 2 aromatic carbocycles. The van der Waals surface area contributed by atoms with Crippen molar-refractivity contribution in [3.05, 3.63) is 101 Å². The number of imidazole rings is 1. The van der Waals surface area contributed by atoms with Crippen LogP contribution in [0.25, 0.3) is 0 Å². The Morgan fingerprint density at radius 3 is 2.42 bits per heavy atom. The molecule has 33 heavy (non-hydrogen) atoms. The fourth-order valence-corrected chi connectivity index (χ4v) is 3.56. The standard InChI is InChI=1S/C25H28N6O2/c1-18-11-29-31(13-18)15-21-5-3-20(4-6-21)14-30-16-24(28-17-30)33-25(32)27-12-23-8-7-22(10-26)9-19(23)2/h3-9,11,13,16-17H,10,12,14-15,26H2,1-2H3,(H,27,32). The van der Waals surface area contributed by atoms with Crippen molar-refractivity contribution >= 4 is 6.09 Å². The minimum atomic E-state index is -0.541. The molecule has 1 amide bonds. The minimum absolute atomic E-state index is 0.258. The van der Waals surface area contributed by atoms with Crippen LogP contribution in [-0.2, 0) is 26.2 Å². The van der Waals surface area contributed by atoms with E-state index in [1.54, 1.807) is 12.5 Å². The molecule has 3 N–H and O–H groups in total. The van der Waals surface area contributed by atoms with E-state index in [0.29, 0.717) is 19.6 Å². The average Bonchev–Trinajstić information content (AvgIpc) is 3.42. The second-order valence-corrected chi connectivity index (χ2v) is 8.12. The van der Waals surface area contributed by atoms with Gasteiger partial charge in [-0.1, -0.05) is 42.5 Å². The van der Waals surface area contributed by atoms with Gasteiger partial charge in [-0.15, -0.1) is 0 Å². The largest absolute Gasteiger partial charge is 0.414 e. The van der Waals surface area contributed by atoms with Gasteiger partial charge in [-0.05, 0) is 47.2 Å². The first-order valence-electron chi connectivity index (χ1n) is 10.8. The molecular formula is C25H28N6O2. The molecule has 8 nitrogen and oxygen atoms in total. The summed E-state index contributed by atoms with van der Waals surface area (Å²) in [6.45, 7) is 6.26. The highest BCUT2D eigenvalue weighted by Gasteiger charge is 2.09. The maximum absolute atomic E-state index is 12.2. The number of benzene rings is 2. The topological polar surface area (TPSA) is 100.0 Å². The van der Waals surface area contributed by atoms with Crippen LogP contribution in [0.15, 0.2) is 67.4 Å². The van der Waals surface area contributed by atoms with E-state index in [1.165, 1.54) is 5.56 Å². The number of nitrogens with one attached hydrogen (secondary N) is 1. The predicted molar refractivity (Wildman–Crippen MR) is 126 cm³/mol. The summed E-state index contributed by atoms with van der Waals surface area (Å²) in [6.07, 6.45) is 6.70. The van der Waals surface area contributed by atoms with E-state index in [4.69, 9.17) is 10.5 Å². The number of nitrogens with two attached hydrogens (primary N) is 1. The van der Waals surface area contributed by atoms with Gasteiger partial charge in [0.05, 0.1) is 25.3 Å². The van der Waals surface area contributed by atoms with Crippen LogP contribution in [0.3, 0.4) is 0 Å². The van der Waals surface area contributed by atoms with Gasteiger partial charge in [0, 0.05) is 25.8 Å². The molecule has 0 fully saturated rings. The van der Waals surface area contributed by atoms with Crippen molar-refractivity contribution in [2.24, 2.45) is 5.73 Å². The van der Waals surface area contributed by atoms with Crippen molar-refractivity contribution in [3.8, 4) is 5.88 Å². The van der Waals surface area contributed by atoms with Crippen molar-refractivity contribution in [2.45, 2.75) is 40.0 Å². The van der Waals surface area contributed by atoms with Crippen LogP contribution in [0.5, 0.6) is 5.88 Å². The second-order valence-electron chi connectivity index (χ2n) is 8.12. The number of ether oxygens (including phenoxy) is 1. The Balaban J connectivity index is 1.27. The lowest BCUT2D eigenvalue weighted by molar-refractivity contribution is 0.198. The minimum Gasteiger partial charge on any atom is -0.390 e. The van der Waals surface area contributed by atoms with Crippen molar-refractivity contribution in [2.75, 3.05) is 0 Å². The van der Waals surface area contributed by atoms with Crippen LogP contribution < -0.4 is 15.8 Å². The Labute approximate surface area is 193 Å². The van der Waals surface area contributed by atoms with E-state index >= 15 is 0 Å². The molecule has 0 aliphatic carbocycles. The Bertz CT molecular complexity index is 1230. The van der Waals surface area contributed by atoms with E-state index in [1.807, 2.05) is 53.7 Å². The molecular weight excluding hydrogens is 416 g/mol. The number of hydrogen-bond acceptors (Lipinski definition) is 5. The highest BCUT2D eigenvalue weighted by Crippen LogP contribution is 2.13. The van der Waals surface area contributed by atoms with Gasteiger partial charge in [-0.25, -0.2) is 9.78 Å². The van der Waals surface area contributed by atoms with Crippen LogP contribution >= 0.6 is 0 Å². The molecule has 170 valence electrons. The first-order chi connectivity index (χ1) is 16.0. The Morgan fingerprint density at radius 2 is 1.76 bits per heavy atom. The highest BCUT2D eigenvalue weighted by molar-refractivity contribution is 5.69. The van der Waals surface area contributed by atoms with Gasteiger partial charge in [0.2, 0.25) is 5.88 Å². The molecule has 2 heterocycles. The first-order valence-corrected chi connectivity index (χ1v) is 10.8. The van der Waals surface area contributed by atoms with Crippen LogP contribution in [0, 0.1) is 13.8 Å². The van der Waals surface area contributed by atoms with Gasteiger partial charge >= 0.3 is 6.09 Å². The number of amides is 1. The Morgan fingerprint density at radius 1 is 1.03 bits per heavy atom. The third kappa shape index (κ3) is 6.08. The predicted octanol–water partition coefficient (Wildman–Crippen LogP) is 3.54. The van der Waals surface area contributed by atoms with E-state index in [2.05, 4.69) is 39.7 Å². The molecule has 8 heteroatoms. The van der Waals surface area contributed by atoms with E-state index in [9.17, 15) is 4.79 Å². The third-order valence-corrected chi connectivity index (χ3v) is 5.37. The summed E-state index contributed by atoms with van der Waals surface area (Å²) in [5.74, 6) is 0.258. The molecule has 0 spiro atoms. The van der Waals surface area contributed by atoms with Crippen molar-refractivity contribution in [3.63, 3.8) is 0 Å². The molecule has 4 aromatic rings. The monoisotopic (exact) mass is 444 g/mol. The van der Waals surface area contributed by atoms with Gasteiger partial charge in [0.1, 0.15) is 0 Å². The van der Waals surface area contributed by atoms with Crippen molar-refractivity contribution in [1.29, 1.82) is 0 Å². The summed E-state index contributed by atoms with van der Waals surface area (Å²) in [4.78, 5) is 16.3. The number of aryl methyl sites for hydroxylation is 2. The number of hydrogen-bond donors (Lipinski definition) is 2. The average molecular weight is 445 g/mol. The SMILES string of the molecule is Cc1cnn(Cc2ccc(Cn3cnc(OC(=O)NCc4ccc(CN)cc4C)c3)cc2)c1. The number of aromatic nitrogens is 4. The van der Waals surface area contributed by atoms with Gasteiger partial charge in [0.15, 0.2) is 0 Å². The zero-order valence-corrected chi connectivity index (χ0v) is 18.9. The lowest BCUT2D eigenvalue weighted by Gasteiger charge is -2.09. The molecule has 2 aromatic heterocycles. The molecule has 0 radical (unpaired) electrons. The van der Waals surface area contributed by atoms with Gasteiger partial charge in [-0.2, -0.15) is 5.10 Å². The second kappa shape index (κ2) is 10.1. The maximum atomic E-state index is 12.2. The fourth-order valence-electron chi connectivity index (χ4n) is 3.56. The molecule has 0 aliphatic heterocycles. The molecule has 0 bridgehead atoms. The summed E-state index contributed by atoms with van der Waals surface area (Å²) in [5.41, 5.74) is 12.3. The van der Waals surface area contributed by atoms with E-state index in [0.717, 1.165) is 34.4 Å². The number of carbonyl (C=O) groups excluding carboxylic acids is 1. The lowest BCUT2D eigenvalue weighted by Crippen LogP contribution is -2.26. The smallest absolute Gasteiger partial charge is 0.390 e. The number of rotatable bonds is 8.